The van der Waals surface area contributed by atoms with Gasteiger partial charge in [-0.15, -0.1) is 0 Å². The largest absolute Gasteiger partial charge is 0.396 e. The van der Waals surface area contributed by atoms with Crippen LogP contribution in [0.5, 0.6) is 0 Å². The summed E-state index contributed by atoms with van der Waals surface area (Å²) in [5.41, 5.74) is 1.24. The fourth-order valence-electron chi connectivity index (χ4n) is 1.27. The lowest BCUT2D eigenvalue weighted by molar-refractivity contribution is 0.285. The van der Waals surface area contributed by atoms with Crippen LogP contribution in [0.4, 0.5) is 5.69 Å². The molecule has 13 heavy (non-hydrogen) atoms. The Kier molecular flexibility index (Phi) is 4.33. The molecule has 0 fully saturated rings. The average molecular weight is 179 g/mol. The summed E-state index contributed by atoms with van der Waals surface area (Å²) in [6.45, 7) is 1.30. The van der Waals surface area contributed by atoms with Crippen molar-refractivity contribution in [2.75, 3.05) is 25.1 Å². The minimum Gasteiger partial charge on any atom is -0.396 e. The third-order valence-electron chi connectivity index (χ3n) is 2.10. The zero-order chi connectivity index (χ0) is 9.52. The van der Waals surface area contributed by atoms with Gasteiger partial charge < -0.3 is 10.0 Å². The molecule has 2 heteroatoms. The van der Waals surface area contributed by atoms with E-state index in [0.717, 1.165) is 19.4 Å². The lowest BCUT2D eigenvalue weighted by atomic mass is 10.2. The van der Waals surface area contributed by atoms with Gasteiger partial charge >= 0.3 is 0 Å². The first-order valence-electron chi connectivity index (χ1n) is 4.71. The average Bonchev–Trinajstić information content (AvgIpc) is 2.19. The predicted molar refractivity (Wildman–Crippen MR) is 56.0 cm³/mol. The molecule has 0 bridgehead atoms. The Hall–Kier alpha value is -1.02. The van der Waals surface area contributed by atoms with Crippen LogP contribution in [0, 0.1) is 0 Å². The van der Waals surface area contributed by atoms with Gasteiger partial charge in [-0.25, -0.2) is 0 Å². The van der Waals surface area contributed by atoms with Gasteiger partial charge in [0.1, 0.15) is 0 Å². The van der Waals surface area contributed by atoms with E-state index in [9.17, 15) is 0 Å². The van der Waals surface area contributed by atoms with E-state index < -0.39 is 0 Å². The quantitative estimate of drug-likeness (QED) is 0.698. The van der Waals surface area contributed by atoms with Gasteiger partial charge in [-0.05, 0) is 25.0 Å². The van der Waals surface area contributed by atoms with Crippen LogP contribution in [0.3, 0.4) is 0 Å². The molecule has 1 N–H and O–H groups in total. The highest BCUT2D eigenvalue weighted by atomic mass is 16.2. The maximum absolute atomic E-state index is 8.63. The Labute approximate surface area is 79.8 Å². The van der Waals surface area contributed by atoms with Crippen molar-refractivity contribution in [2.45, 2.75) is 12.8 Å². The third-order valence-corrected chi connectivity index (χ3v) is 2.10. The van der Waals surface area contributed by atoms with E-state index in [1.165, 1.54) is 5.69 Å². The number of aliphatic hydroxyl groups is 1. The Morgan fingerprint density at radius 1 is 1.15 bits per heavy atom. The molecule has 0 aliphatic heterocycles. The smallest absolute Gasteiger partial charge is 0.0431 e. The molecule has 0 saturated heterocycles. The number of aliphatic hydroxyl groups excluding tert-OH is 1. The Bertz CT molecular complexity index is 223. The van der Waals surface area contributed by atoms with Gasteiger partial charge in [-0.1, -0.05) is 18.2 Å². The minimum atomic E-state index is 0.294. The molecule has 1 aromatic rings. The summed E-state index contributed by atoms with van der Waals surface area (Å²) >= 11 is 0. The Morgan fingerprint density at radius 3 is 2.46 bits per heavy atom. The normalized spacial score (nSPS) is 10.0. The highest BCUT2D eigenvalue weighted by Crippen LogP contribution is 2.11. The van der Waals surface area contributed by atoms with Crippen LogP contribution >= 0.6 is 0 Å². The van der Waals surface area contributed by atoms with Gasteiger partial charge in [0, 0.05) is 25.9 Å². The third kappa shape index (κ3) is 3.47. The van der Waals surface area contributed by atoms with Crippen LogP contribution in [0.15, 0.2) is 30.3 Å². The molecule has 0 aliphatic carbocycles. The summed E-state index contributed by atoms with van der Waals surface area (Å²) in [5.74, 6) is 0. The number of rotatable bonds is 5. The Balaban J connectivity index is 2.35. The molecule has 0 aliphatic rings. The number of benzene rings is 1. The first-order chi connectivity index (χ1) is 6.34. The number of unbranched alkanes of at least 4 members (excludes halogenated alkanes) is 1. The van der Waals surface area contributed by atoms with Crippen LogP contribution < -0.4 is 4.90 Å². The maximum Gasteiger partial charge on any atom is 0.0431 e. The molecule has 0 spiro atoms. The number of hydrogen-bond donors (Lipinski definition) is 1. The second-order valence-corrected chi connectivity index (χ2v) is 3.19. The molecular formula is C11H17NO. The van der Waals surface area contributed by atoms with Crippen molar-refractivity contribution < 1.29 is 5.11 Å². The lowest BCUT2D eigenvalue weighted by Crippen LogP contribution is -2.18. The number of nitrogens with zero attached hydrogens (tertiary/aromatic N) is 1. The van der Waals surface area contributed by atoms with Gasteiger partial charge in [0.25, 0.3) is 0 Å². The van der Waals surface area contributed by atoms with E-state index in [2.05, 4.69) is 24.1 Å². The van der Waals surface area contributed by atoms with Gasteiger partial charge in [0.05, 0.1) is 0 Å². The molecule has 0 saturated carbocycles. The fraction of sp³-hybridized carbons (Fsp3) is 0.455. The molecule has 1 rings (SSSR count). The van der Waals surface area contributed by atoms with E-state index >= 15 is 0 Å². The highest BCUT2D eigenvalue weighted by Gasteiger charge is 1.97. The molecule has 0 atom stereocenters. The molecule has 72 valence electrons. The number of hydrogen-bond acceptors (Lipinski definition) is 2. The van der Waals surface area contributed by atoms with Crippen molar-refractivity contribution >= 4 is 5.69 Å². The van der Waals surface area contributed by atoms with E-state index in [-0.39, 0.29) is 0 Å². The second-order valence-electron chi connectivity index (χ2n) is 3.19. The van der Waals surface area contributed by atoms with E-state index in [0.29, 0.717) is 6.61 Å². The molecular weight excluding hydrogens is 162 g/mol. The summed E-state index contributed by atoms with van der Waals surface area (Å²) in [5, 5.41) is 8.63. The molecule has 0 radical (unpaired) electrons. The standard InChI is InChI=1S/C11H17NO/c1-12(9-5-6-10-13)11-7-3-2-4-8-11/h2-4,7-8,13H,5-6,9-10H2,1H3. The van der Waals surface area contributed by atoms with Crippen molar-refractivity contribution in [3.63, 3.8) is 0 Å². The van der Waals surface area contributed by atoms with Gasteiger partial charge in [-0.2, -0.15) is 0 Å². The number of anilines is 1. The first kappa shape index (κ1) is 10.1. The van der Waals surface area contributed by atoms with Crippen molar-refractivity contribution in [2.24, 2.45) is 0 Å². The summed E-state index contributed by atoms with van der Waals surface area (Å²) in [6.07, 6.45) is 1.93. The van der Waals surface area contributed by atoms with Gasteiger partial charge in [0.2, 0.25) is 0 Å². The SMILES string of the molecule is CN(CCCCO)c1ccccc1. The van der Waals surface area contributed by atoms with Crippen molar-refractivity contribution in [3.05, 3.63) is 30.3 Å². The topological polar surface area (TPSA) is 23.5 Å². The Morgan fingerprint density at radius 2 is 1.85 bits per heavy atom. The summed E-state index contributed by atoms with van der Waals surface area (Å²) in [7, 11) is 2.08. The van der Waals surface area contributed by atoms with Crippen LogP contribution in [-0.2, 0) is 0 Å². The molecule has 0 amide bonds. The van der Waals surface area contributed by atoms with E-state index in [4.69, 9.17) is 5.11 Å². The molecule has 0 aromatic heterocycles. The summed E-state index contributed by atoms with van der Waals surface area (Å²) in [4.78, 5) is 2.20. The highest BCUT2D eigenvalue weighted by molar-refractivity contribution is 5.44. The van der Waals surface area contributed by atoms with E-state index in [1.54, 1.807) is 0 Å². The van der Waals surface area contributed by atoms with Crippen LogP contribution in [0.2, 0.25) is 0 Å². The monoisotopic (exact) mass is 179 g/mol. The van der Waals surface area contributed by atoms with Crippen LogP contribution in [0.25, 0.3) is 0 Å². The molecule has 2 nitrogen and oxygen atoms in total. The fourth-order valence-corrected chi connectivity index (χ4v) is 1.27. The van der Waals surface area contributed by atoms with Crippen molar-refractivity contribution in [3.8, 4) is 0 Å². The summed E-state index contributed by atoms with van der Waals surface area (Å²) < 4.78 is 0. The first-order valence-corrected chi connectivity index (χ1v) is 4.71. The van der Waals surface area contributed by atoms with Gasteiger partial charge in [0.15, 0.2) is 0 Å². The minimum absolute atomic E-state index is 0.294. The molecule has 0 unspecified atom stereocenters. The summed E-state index contributed by atoms with van der Waals surface area (Å²) in [6, 6.07) is 10.3. The van der Waals surface area contributed by atoms with Crippen molar-refractivity contribution in [1.29, 1.82) is 0 Å². The molecule has 1 aromatic carbocycles. The number of para-hydroxylation sites is 1. The molecule has 0 heterocycles. The van der Waals surface area contributed by atoms with Crippen LogP contribution in [-0.4, -0.2) is 25.3 Å². The zero-order valence-electron chi connectivity index (χ0n) is 8.11. The van der Waals surface area contributed by atoms with Gasteiger partial charge in [-0.3, -0.25) is 0 Å². The second kappa shape index (κ2) is 5.60. The van der Waals surface area contributed by atoms with Crippen LogP contribution in [0.1, 0.15) is 12.8 Å². The maximum atomic E-state index is 8.63. The van der Waals surface area contributed by atoms with Crippen molar-refractivity contribution in [1.82, 2.24) is 0 Å². The zero-order valence-corrected chi connectivity index (χ0v) is 8.11. The predicted octanol–water partition coefficient (Wildman–Crippen LogP) is 1.90. The lowest BCUT2D eigenvalue weighted by Gasteiger charge is -2.18. The van der Waals surface area contributed by atoms with E-state index in [1.807, 2.05) is 18.2 Å².